The van der Waals surface area contributed by atoms with Crippen LogP contribution in [0.2, 0.25) is 0 Å². The second-order valence-corrected chi connectivity index (χ2v) is 7.36. The number of carbonyl (C=O) groups excluding carboxylic acids is 1. The first-order chi connectivity index (χ1) is 9.46. The van der Waals surface area contributed by atoms with E-state index >= 15 is 0 Å². The van der Waals surface area contributed by atoms with E-state index in [4.69, 9.17) is 0 Å². The number of carbonyl (C=O) groups is 1. The molecule has 0 unspecified atom stereocenters. The summed E-state index contributed by atoms with van der Waals surface area (Å²) in [6.45, 7) is 2.27. The molecule has 1 saturated heterocycles. The molecule has 0 aliphatic carbocycles. The van der Waals surface area contributed by atoms with Crippen LogP contribution in [0.3, 0.4) is 0 Å². The number of amides is 2. The Hall–Kier alpha value is -1.63. The van der Waals surface area contributed by atoms with E-state index in [0.29, 0.717) is 13.0 Å². The van der Waals surface area contributed by atoms with E-state index in [-0.39, 0.29) is 29.5 Å². The van der Waals surface area contributed by atoms with Gasteiger partial charge in [0.15, 0.2) is 9.84 Å². The molecule has 0 aromatic carbocycles. The summed E-state index contributed by atoms with van der Waals surface area (Å²) in [6.07, 6.45) is 4.01. The minimum Gasteiger partial charge on any atom is -0.338 e. The lowest BCUT2D eigenvalue weighted by Crippen LogP contribution is -2.39. The van der Waals surface area contributed by atoms with Gasteiger partial charge in [-0.15, -0.1) is 0 Å². The van der Waals surface area contributed by atoms with E-state index in [1.807, 2.05) is 19.1 Å². The molecule has 2 rings (SSSR count). The molecule has 2 N–H and O–H groups in total. The number of nitrogens with zero attached hydrogens (tertiary/aromatic N) is 1. The number of hydrogen-bond acceptors (Lipinski definition) is 4. The molecule has 110 valence electrons. The summed E-state index contributed by atoms with van der Waals surface area (Å²) in [5, 5.41) is 5.53. The van der Waals surface area contributed by atoms with Gasteiger partial charge in [0.25, 0.3) is 0 Å². The SMILES string of the molecule is C[C@@H](NC(=O)NC[C@@H]1CCS(=O)(=O)C1)c1cccnc1. The Bertz CT molecular complexity index is 559. The quantitative estimate of drug-likeness (QED) is 0.863. The third kappa shape index (κ3) is 4.19. The van der Waals surface area contributed by atoms with Crippen LogP contribution in [0.25, 0.3) is 0 Å². The van der Waals surface area contributed by atoms with E-state index in [9.17, 15) is 13.2 Å². The molecule has 1 fully saturated rings. The third-order valence-electron chi connectivity index (χ3n) is 3.41. The monoisotopic (exact) mass is 297 g/mol. The number of nitrogens with one attached hydrogen (secondary N) is 2. The molecule has 2 atom stereocenters. The Morgan fingerprint density at radius 2 is 2.35 bits per heavy atom. The Labute approximate surface area is 118 Å². The molecular weight excluding hydrogens is 278 g/mol. The lowest BCUT2D eigenvalue weighted by molar-refractivity contribution is 0.236. The second-order valence-electron chi connectivity index (χ2n) is 5.13. The molecule has 2 amide bonds. The Morgan fingerprint density at radius 1 is 1.55 bits per heavy atom. The van der Waals surface area contributed by atoms with Gasteiger partial charge in [0.1, 0.15) is 0 Å². The standard InChI is InChI=1S/C13H19N3O3S/c1-10(12-3-2-5-14-8-12)16-13(17)15-7-11-4-6-20(18,19)9-11/h2-3,5,8,10-11H,4,6-7,9H2,1H3,(H2,15,16,17)/t10-,11+/m1/s1. The molecule has 6 nitrogen and oxygen atoms in total. The van der Waals surface area contributed by atoms with Crippen LogP contribution >= 0.6 is 0 Å². The average molecular weight is 297 g/mol. The zero-order chi connectivity index (χ0) is 14.6. The van der Waals surface area contributed by atoms with Gasteiger partial charge in [-0.05, 0) is 30.9 Å². The number of rotatable bonds is 4. The highest BCUT2D eigenvalue weighted by atomic mass is 32.2. The highest BCUT2D eigenvalue weighted by molar-refractivity contribution is 7.91. The number of urea groups is 1. The van der Waals surface area contributed by atoms with Gasteiger partial charge in [0, 0.05) is 18.9 Å². The van der Waals surface area contributed by atoms with E-state index in [1.165, 1.54) is 0 Å². The van der Waals surface area contributed by atoms with Crippen molar-refractivity contribution in [3.63, 3.8) is 0 Å². The summed E-state index contributed by atoms with van der Waals surface area (Å²) in [6, 6.07) is 3.28. The van der Waals surface area contributed by atoms with Crippen LogP contribution in [-0.2, 0) is 9.84 Å². The summed E-state index contributed by atoms with van der Waals surface area (Å²) >= 11 is 0. The fourth-order valence-electron chi connectivity index (χ4n) is 2.23. The first-order valence-electron chi connectivity index (χ1n) is 6.61. The first kappa shape index (κ1) is 14.8. The zero-order valence-electron chi connectivity index (χ0n) is 11.4. The lowest BCUT2D eigenvalue weighted by atomic mass is 10.1. The van der Waals surface area contributed by atoms with Crippen LogP contribution in [-0.4, -0.2) is 37.5 Å². The molecule has 0 spiro atoms. The van der Waals surface area contributed by atoms with E-state index in [0.717, 1.165) is 5.56 Å². The Kier molecular flexibility index (Phi) is 4.59. The molecular formula is C13H19N3O3S. The average Bonchev–Trinajstić information content (AvgIpc) is 2.77. The van der Waals surface area contributed by atoms with Gasteiger partial charge in [0.2, 0.25) is 0 Å². The second kappa shape index (κ2) is 6.21. The molecule has 0 radical (unpaired) electrons. The van der Waals surface area contributed by atoms with Gasteiger partial charge in [-0.25, -0.2) is 13.2 Å². The van der Waals surface area contributed by atoms with Crippen molar-refractivity contribution in [3.05, 3.63) is 30.1 Å². The summed E-state index contributed by atoms with van der Waals surface area (Å²) in [5.74, 6) is 0.429. The molecule has 0 saturated carbocycles. The molecule has 1 aromatic heterocycles. The van der Waals surface area contributed by atoms with Crippen molar-refractivity contribution in [1.29, 1.82) is 0 Å². The predicted molar refractivity (Wildman–Crippen MR) is 75.9 cm³/mol. The number of hydrogen-bond donors (Lipinski definition) is 2. The molecule has 20 heavy (non-hydrogen) atoms. The molecule has 2 heterocycles. The zero-order valence-corrected chi connectivity index (χ0v) is 12.2. The summed E-state index contributed by atoms with van der Waals surface area (Å²) in [7, 11) is -2.89. The first-order valence-corrected chi connectivity index (χ1v) is 8.43. The highest BCUT2D eigenvalue weighted by Gasteiger charge is 2.27. The maximum atomic E-state index is 11.8. The normalized spacial score (nSPS) is 22.1. The van der Waals surface area contributed by atoms with Crippen LogP contribution in [0, 0.1) is 5.92 Å². The topological polar surface area (TPSA) is 88.2 Å². The summed E-state index contributed by atoms with van der Waals surface area (Å²) < 4.78 is 22.6. The van der Waals surface area contributed by atoms with Crippen molar-refractivity contribution in [2.45, 2.75) is 19.4 Å². The number of sulfone groups is 1. The van der Waals surface area contributed by atoms with Crippen molar-refractivity contribution >= 4 is 15.9 Å². The largest absolute Gasteiger partial charge is 0.338 e. The van der Waals surface area contributed by atoms with Crippen molar-refractivity contribution in [3.8, 4) is 0 Å². The van der Waals surface area contributed by atoms with Gasteiger partial charge in [-0.3, -0.25) is 4.98 Å². The van der Waals surface area contributed by atoms with Gasteiger partial charge in [-0.1, -0.05) is 6.07 Å². The molecule has 0 bridgehead atoms. The van der Waals surface area contributed by atoms with Crippen LogP contribution in [0.5, 0.6) is 0 Å². The van der Waals surface area contributed by atoms with Crippen molar-refractivity contribution in [2.75, 3.05) is 18.1 Å². The van der Waals surface area contributed by atoms with E-state index in [2.05, 4.69) is 15.6 Å². The predicted octanol–water partition coefficient (Wildman–Crippen LogP) is 0.876. The smallest absolute Gasteiger partial charge is 0.315 e. The number of pyridine rings is 1. The van der Waals surface area contributed by atoms with E-state index in [1.54, 1.807) is 12.4 Å². The number of aromatic nitrogens is 1. The maximum Gasteiger partial charge on any atom is 0.315 e. The molecule has 1 aromatic rings. The van der Waals surface area contributed by atoms with Gasteiger partial charge in [-0.2, -0.15) is 0 Å². The minimum absolute atomic E-state index is 0.0273. The van der Waals surface area contributed by atoms with E-state index < -0.39 is 9.84 Å². The molecule has 1 aliphatic heterocycles. The van der Waals surface area contributed by atoms with Crippen molar-refractivity contribution < 1.29 is 13.2 Å². The maximum absolute atomic E-state index is 11.8. The molecule has 7 heteroatoms. The van der Waals surface area contributed by atoms with Crippen molar-refractivity contribution in [2.24, 2.45) is 5.92 Å². The van der Waals surface area contributed by atoms with Crippen molar-refractivity contribution in [1.82, 2.24) is 15.6 Å². The summed E-state index contributed by atoms with van der Waals surface area (Å²) in [5.41, 5.74) is 0.922. The van der Waals surface area contributed by atoms with Gasteiger partial charge < -0.3 is 10.6 Å². The fourth-order valence-corrected chi connectivity index (χ4v) is 4.10. The van der Waals surface area contributed by atoms with Crippen LogP contribution in [0.15, 0.2) is 24.5 Å². The lowest BCUT2D eigenvalue weighted by Gasteiger charge is -2.16. The highest BCUT2D eigenvalue weighted by Crippen LogP contribution is 2.17. The van der Waals surface area contributed by atoms with Gasteiger partial charge in [0.05, 0.1) is 17.5 Å². The Balaban J connectivity index is 1.76. The van der Waals surface area contributed by atoms with Crippen LogP contribution in [0.1, 0.15) is 24.9 Å². The van der Waals surface area contributed by atoms with Crippen LogP contribution in [0.4, 0.5) is 4.79 Å². The Morgan fingerprint density at radius 3 is 2.95 bits per heavy atom. The fraction of sp³-hybridized carbons (Fsp3) is 0.538. The third-order valence-corrected chi connectivity index (χ3v) is 5.25. The van der Waals surface area contributed by atoms with Crippen LogP contribution < -0.4 is 10.6 Å². The minimum atomic E-state index is -2.89. The molecule has 1 aliphatic rings. The van der Waals surface area contributed by atoms with Gasteiger partial charge >= 0.3 is 6.03 Å². The summed E-state index contributed by atoms with van der Waals surface area (Å²) in [4.78, 5) is 15.8.